The predicted octanol–water partition coefficient (Wildman–Crippen LogP) is 2.27. The highest BCUT2D eigenvalue weighted by Crippen LogP contribution is 2.18. The number of sulfonamides is 1. The minimum absolute atomic E-state index is 0.271. The Kier molecular flexibility index (Phi) is 5.61. The molecule has 1 saturated heterocycles. The Labute approximate surface area is 159 Å². The number of nitrogens with zero attached hydrogens (tertiary/aromatic N) is 5. The molecule has 0 radical (unpaired) electrons. The second-order valence-electron chi connectivity index (χ2n) is 6.89. The van der Waals surface area contributed by atoms with E-state index in [1.807, 2.05) is 23.6 Å². The second kappa shape index (κ2) is 7.59. The molecule has 0 saturated carbocycles. The highest BCUT2D eigenvalue weighted by atomic mass is 32.2. The Morgan fingerprint density at radius 2 is 1.73 bits per heavy atom. The van der Waals surface area contributed by atoms with Crippen molar-refractivity contribution in [3.8, 4) is 0 Å². The SMILES string of the molecule is Cc1ccc(S(=O)(=O)N2CCN(Cn3ncn(C(C)C)c3=S)CC2)cc1. The average molecular weight is 396 g/mol. The predicted molar refractivity (Wildman–Crippen MR) is 103 cm³/mol. The van der Waals surface area contributed by atoms with Gasteiger partial charge in [0.1, 0.15) is 6.33 Å². The van der Waals surface area contributed by atoms with Crippen LogP contribution in [0.1, 0.15) is 25.5 Å². The van der Waals surface area contributed by atoms with Gasteiger partial charge in [0.2, 0.25) is 10.0 Å². The zero-order valence-electron chi connectivity index (χ0n) is 15.4. The van der Waals surface area contributed by atoms with Crippen LogP contribution < -0.4 is 0 Å². The second-order valence-corrected chi connectivity index (χ2v) is 9.19. The van der Waals surface area contributed by atoms with Gasteiger partial charge in [0.15, 0.2) is 4.77 Å². The Morgan fingerprint density at radius 3 is 2.27 bits per heavy atom. The lowest BCUT2D eigenvalue weighted by atomic mass is 10.2. The van der Waals surface area contributed by atoms with E-state index in [0.29, 0.717) is 42.5 Å². The van der Waals surface area contributed by atoms with E-state index >= 15 is 0 Å². The van der Waals surface area contributed by atoms with E-state index in [2.05, 4.69) is 23.8 Å². The fraction of sp³-hybridized carbons (Fsp3) is 0.529. The third-order valence-corrected chi connectivity index (χ3v) is 6.97. The normalized spacial score (nSPS) is 17.1. The van der Waals surface area contributed by atoms with Crippen LogP contribution in [-0.2, 0) is 16.7 Å². The van der Waals surface area contributed by atoms with Crippen molar-refractivity contribution in [3.63, 3.8) is 0 Å². The maximum absolute atomic E-state index is 12.8. The van der Waals surface area contributed by atoms with Gasteiger partial charge in [-0.3, -0.25) is 4.90 Å². The molecule has 142 valence electrons. The lowest BCUT2D eigenvalue weighted by Gasteiger charge is -2.33. The summed E-state index contributed by atoms with van der Waals surface area (Å²) in [6.45, 7) is 8.90. The first-order valence-electron chi connectivity index (χ1n) is 8.72. The number of aryl methyl sites for hydroxylation is 1. The van der Waals surface area contributed by atoms with Crippen LogP contribution in [0.3, 0.4) is 0 Å². The quantitative estimate of drug-likeness (QED) is 0.727. The molecule has 26 heavy (non-hydrogen) atoms. The number of hydrogen-bond donors (Lipinski definition) is 0. The van der Waals surface area contributed by atoms with E-state index in [0.717, 1.165) is 5.56 Å². The molecule has 0 unspecified atom stereocenters. The maximum atomic E-state index is 12.8. The Balaban J connectivity index is 1.64. The van der Waals surface area contributed by atoms with Crippen LogP contribution in [-0.4, -0.2) is 58.1 Å². The summed E-state index contributed by atoms with van der Waals surface area (Å²) in [6.07, 6.45) is 1.76. The summed E-state index contributed by atoms with van der Waals surface area (Å²) in [5.41, 5.74) is 1.05. The summed E-state index contributed by atoms with van der Waals surface area (Å²) in [6, 6.07) is 7.28. The fourth-order valence-corrected chi connectivity index (χ4v) is 4.75. The molecule has 0 spiro atoms. The largest absolute Gasteiger partial charge is 0.304 e. The van der Waals surface area contributed by atoms with Crippen LogP contribution in [0.4, 0.5) is 0 Å². The first-order valence-corrected chi connectivity index (χ1v) is 10.6. The highest BCUT2D eigenvalue weighted by molar-refractivity contribution is 7.89. The number of hydrogen-bond acceptors (Lipinski definition) is 5. The molecule has 3 rings (SSSR count). The molecule has 0 bridgehead atoms. The summed E-state index contributed by atoms with van der Waals surface area (Å²) >= 11 is 5.46. The average Bonchev–Trinajstić information content (AvgIpc) is 2.97. The van der Waals surface area contributed by atoms with Crippen molar-refractivity contribution in [2.45, 2.75) is 38.4 Å². The van der Waals surface area contributed by atoms with E-state index in [4.69, 9.17) is 12.2 Å². The van der Waals surface area contributed by atoms with E-state index < -0.39 is 10.0 Å². The lowest BCUT2D eigenvalue weighted by Crippen LogP contribution is -2.48. The molecular formula is C17H25N5O2S2. The molecule has 1 aliphatic heterocycles. The molecule has 0 atom stereocenters. The Hall–Kier alpha value is -1.55. The van der Waals surface area contributed by atoms with E-state index in [-0.39, 0.29) is 6.04 Å². The zero-order chi connectivity index (χ0) is 18.9. The molecule has 1 aromatic carbocycles. The molecule has 1 aliphatic rings. The van der Waals surface area contributed by atoms with Gasteiger partial charge in [-0.1, -0.05) is 17.7 Å². The van der Waals surface area contributed by atoms with Crippen molar-refractivity contribution in [2.24, 2.45) is 0 Å². The first-order chi connectivity index (χ1) is 12.3. The molecule has 1 aromatic heterocycles. The summed E-state index contributed by atoms with van der Waals surface area (Å²) in [5.74, 6) is 0. The summed E-state index contributed by atoms with van der Waals surface area (Å²) < 4.78 is 31.5. The van der Waals surface area contributed by atoms with Gasteiger partial charge >= 0.3 is 0 Å². The molecule has 2 aromatic rings. The van der Waals surface area contributed by atoms with Crippen LogP contribution in [0.25, 0.3) is 0 Å². The maximum Gasteiger partial charge on any atom is 0.243 e. The van der Waals surface area contributed by atoms with Crippen molar-refractivity contribution in [3.05, 3.63) is 40.9 Å². The van der Waals surface area contributed by atoms with E-state index in [1.165, 1.54) is 0 Å². The number of aromatic nitrogens is 3. The van der Waals surface area contributed by atoms with E-state index in [9.17, 15) is 8.42 Å². The van der Waals surface area contributed by atoms with Crippen LogP contribution in [0.15, 0.2) is 35.5 Å². The highest BCUT2D eigenvalue weighted by Gasteiger charge is 2.28. The van der Waals surface area contributed by atoms with Gasteiger partial charge in [-0.2, -0.15) is 9.40 Å². The Morgan fingerprint density at radius 1 is 1.12 bits per heavy atom. The summed E-state index contributed by atoms with van der Waals surface area (Å²) in [7, 11) is -3.43. The lowest BCUT2D eigenvalue weighted by molar-refractivity contribution is 0.144. The minimum Gasteiger partial charge on any atom is -0.304 e. The zero-order valence-corrected chi connectivity index (χ0v) is 17.0. The van der Waals surface area contributed by atoms with Crippen LogP contribution in [0.2, 0.25) is 0 Å². The molecule has 7 nitrogen and oxygen atoms in total. The van der Waals surface area contributed by atoms with Gasteiger partial charge in [-0.25, -0.2) is 13.1 Å². The fourth-order valence-electron chi connectivity index (χ4n) is 2.96. The first kappa shape index (κ1) is 19.2. The molecule has 1 fully saturated rings. The van der Waals surface area contributed by atoms with Crippen molar-refractivity contribution >= 4 is 22.2 Å². The topological polar surface area (TPSA) is 63.4 Å². The van der Waals surface area contributed by atoms with Crippen LogP contribution in [0, 0.1) is 11.7 Å². The molecular weight excluding hydrogens is 370 g/mol. The van der Waals surface area contributed by atoms with Crippen molar-refractivity contribution in [2.75, 3.05) is 26.2 Å². The van der Waals surface area contributed by atoms with Gasteiger partial charge in [0, 0.05) is 32.2 Å². The number of piperazine rings is 1. The van der Waals surface area contributed by atoms with Gasteiger partial charge in [0.05, 0.1) is 11.6 Å². The third kappa shape index (κ3) is 3.90. The van der Waals surface area contributed by atoms with Gasteiger partial charge in [0.25, 0.3) is 0 Å². The summed E-state index contributed by atoms with van der Waals surface area (Å²) in [4.78, 5) is 2.53. The smallest absolute Gasteiger partial charge is 0.243 e. The minimum atomic E-state index is -3.43. The standard InChI is InChI=1S/C17H25N5O2S2/c1-14(2)21-12-18-22(17(21)25)13-19-8-10-20(11-9-19)26(23,24)16-6-4-15(3)5-7-16/h4-7,12,14H,8-11,13H2,1-3H3. The molecule has 2 heterocycles. The molecule has 0 N–H and O–H groups in total. The van der Waals surface area contributed by atoms with Crippen LogP contribution in [0.5, 0.6) is 0 Å². The van der Waals surface area contributed by atoms with Gasteiger partial charge < -0.3 is 4.57 Å². The monoisotopic (exact) mass is 395 g/mol. The Bertz CT molecular complexity index is 907. The van der Waals surface area contributed by atoms with Crippen molar-refractivity contribution in [1.29, 1.82) is 0 Å². The van der Waals surface area contributed by atoms with E-state index in [1.54, 1.807) is 27.4 Å². The van der Waals surface area contributed by atoms with Gasteiger partial charge in [-0.05, 0) is 45.1 Å². The van der Waals surface area contributed by atoms with Gasteiger partial charge in [-0.15, -0.1) is 0 Å². The molecule has 0 aliphatic carbocycles. The van der Waals surface area contributed by atoms with Crippen molar-refractivity contribution < 1.29 is 8.42 Å². The molecule has 9 heteroatoms. The summed E-state index contributed by atoms with van der Waals surface area (Å²) in [5, 5.41) is 4.36. The third-order valence-electron chi connectivity index (χ3n) is 4.64. The number of rotatable bonds is 5. The molecule has 0 amide bonds. The van der Waals surface area contributed by atoms with Crippen molar-refractivity contribution in [1.82, 2.24) is 23.6 Å². The van der Waals surface area contributed by atoms with Crippen LogP contribution >= 0.6 is 12.2 Å². The number of benzene rings is 1.